The molecule has 3 aromatic rings. The Morgan fingerprint density at radius 2 is 1.77 bits per heavy atom. The lowest BCUT2D eigenvalue weighted by molar-refractivity contribution is -0.137. The molecule has 0 saturated carbocycles. The summed E-state index contributed by atoms with van der Waals surface area (Å²) in [5, 5.41) is 4.86. The minimum absolute atomic E-state index is 0.0990. The largest absolute Gasteiger partial charge is 0.426 e. The quantitative estimate of drug-likeness (QED) is 0.331. The van der Waals surface area contributed by atoms with E-state index in [0.29, 0.717) is 6.07 Å². The first-order chi connectivity index (χ1) is 16.6. The van der Waals surface area contributed by atoms with E-state index in [1.807, 2.05) is 0 Å². The van der Waals surface area contributed by atoms with Crippen LogP contribution in [0, 0.1) is 0 Å². The zero-order valence-corrected chi connectivity index (χ0v) is 18.8. The summed E-state index contributed by atoms with van der Waals surface area (Å²) in [6.45, 7) is 0.253. The van der Waals surface area contributed by atoms with Crippen LogP contribution in [0.1, 0.15) is 34.3 Å². The Labute approximate surface area is 203 Å². The van der Waals surface area contributed by atoms with Gasteiger partial charge in [0.1, 0.15) is 5.75 Å². The number of ether oxygens (including phenoxy) is 1. The normalized spacial score (nSPS) is 11.0. The Bertz CT molecular complexity index is 1220. The topological polar surface area (TPSA) is 97.4 Å². The van der Waals surface area contributed by atoms with Gasteiger partial charge in [-0.25, -0.2) is 0 Å². The van der Waals surface area contributed by atoms with Crippen molar-refractivity contribution in [2.75, 3.05) is 5.32 Å². The molecule has 0 aliphatic rings. The number of nitrogens with one attached hydrogen (secondary N) is 2. The van der Waals surface area contributed by atoms with Gasteiger partial charge >= 0.3 is 12.1 Å². The molecule has 2 amide bonds. The average Bonchev–Trinajstić information content (AvgIpc) is 2.83. The first-order valence-corrected chi connectivity index (χ1v) is 10.6. The predicted molar refractivity (Wildman–Crippen MR) is 122 cm³/mol. The van der Waals surface area contributed by atoms with E-state index in [1.54, 1.807) is 24.5 Å². The summed E-state index contributed by atoms with van der Waals surface area (Å²) in [7, 11) is 0. The van der Waals surface area contributed by atoms with Crippen LogP contribution < -0.4 is 15.4 Å². The SMILES string of the molecule is O=C(CCC(=O)Oc1ccccc1C(=O)Nc1cc(C(F)(F)F)ccc1Cl)NCc1cccnc1. The number of anilines is 1. The van der Waals surface area contributed by atoms with Gasteiger partial charge in [-0.1, -0.05) is 29.8 Å². The molecule has 1 aromatic heterocycles. The van der Waals surface area contributed by atoms with Gasteiger partial charge in [-0.05, 0) is 42.0 Å². The number of nitrogens with zero attached hydrogens (tertiary/aromatic N) is 1. The summed E-state index contributed by atoms with van der Waals surface area (Å²) in [6.07, 6.45) is -1.82. The Morgan fingerprint density at radius 1 is 1.00 bits per heavy atom. The highest BCUT2D eigenvalue weighted by Gasteiger charge is 2.31. The van der Waals surface area contributed by atoms with Crippen LogP contribution in [0.3, 0.4) is 0 Å². The lowest BCUT2D eigenvalue weighted by Crippen LogP contribution is -2.24. The highest BCUT2D eigenvalue weighted by atomic mass is 35.5. The number of carbonyl (C=O) groups is 3. The first kappa shape index (κ1) is 25.7. The van der Waals surface area contributed by atoms with Gasteiger partial charge in [0.2, 0.25) is 5.91 Å². The third kappa shape index (κ3) is 7.54. The van der Waals surface area contributed by atoms with Crippen LogP contribution in [0.15, 0.2) is 67.0 Å². The van der Waals surface area contributed by atoms with Gasteiger partial charge in [-0.15, -0.1) is 0 Å². The summed E-state index contributed by atoms with van der Waals surface area (Å²) < 4.78 is 44.2. The molecule has 11 heteroatoms. The maximum absolute atomic E-state index is 13.0. The van der Waals surface area contributed by atoms with Crippen LogP contribution in [0.5, 0.6) is 5.75 Å². The van der Waals surface area contributed by atoms with Crippen molar-refractivity contribution in [3.8, 4) is 5.75 Å². The van der Waals surface area contributed by atoms with Gasteiger partial charge in [0.15, 0.2) is 0 Å². The molecule has 0 aliphatic heterocycles. The number of para-hydroxylation sites is 1. The second kappa shape index (κ2) is 11.5. The van der Waals surface area contributed by atoms with Crippen molar-refractivity contribution in [2.24, 2.45) is 0 Å². The van der Waals surface area contributed by atoms with Crippen LogP contribution in [0.4, 0.5) is 18.9 Å². The van der Waals surface area contributed by atoms with E-state index >= 15 is 0 Å². The van der Waals surface area contributed by atoms with E-state index in [1.165, 1.54) is 24.3 Å². The molecule has 0 saturated heterocycles. The average molecular weight is 506 g/mol. The summed E-state index contributed by atoms with van der Waals surface area (Å²) in [6, 6.07) is 11.7. The van der Waals surface area contributed by atoms with E-state index in [2.05, 4.69) is 15.6 Å². The molecule has 0 bridgehead atoms. The number of benzene rings is 2. The third-order valence-corrected chi connectivity index (χ3v) is 5.00. The minimum Gasteiger partial charge on any atom is -0.426 e. The van der Waals surface area contributed by atoms with Crippen LogP contribution in [0.25, 0.3) is 0 Å². The summed E-state index contributed by atoms with van der Waals surface area (Å²) >= 11 is 5.93. The standard InChI is InChI=1S/C24H19ClF3N3O4/c25-18-8-7-16(24(26,27)28)12-19(18)31-23(34)17-5-1-2-6-20(17)35-22(33)10-9-21(32)30-14-15-4-3-11-29-13-15/h1-8,11-13H,9-10,14H2,(H,30,32)(H,31,34). The van der Waals surface area contributed by atoms with E-state index in [0.717, 1.165) is 17.7 Å². The van der Waals surface area contributed by atoms with Crippen LogP contribution >= 0.6 is 11.6 Å². The fourth-order valence-corrected chi connectivity index (χ4v) is 3.08. The Hall–Kier alpha value is -3.92. The lowest BCUT2D eigenvalue weighted by atomic mass is 10.1. The van der Waals surface area contributed by atoms with Crippen LogP contribution in [-0.4, -0.2) is 22.8 Å². The Balaban J connectivity index is 1.60. The van der Waals surface area contributed by atoms with E-state index in [-0.39, 0.29) is 47.3 Å². The zero-order chi connectivity index (χ0) is 25.4. The number of alkyl halides is 3. The molecule has 0 unspecified atom stereocenters. The van der Waals surface area contributed by atoms with Crippen molar-refractivity contribution in [2.45, 2.75) is 25.6 Å². The number of rotatable bonds is 8. The number of carbonyl (C=O) groups excluding carboxylic acids is 3. The fraction of sp³-hybridized carbons (Fsp3) is 0.167. The maximum Gasteiger partial charge on any atom is 0.416 e. The van der Waals surface area contributed by atoms with Gasteiger partial charge in [0.05, 0.1) is 28.3 Å². The van der Waals surface area contributed by atoms with Gasteiger partial charge in [-0.3, -0.25) is 19.4 Å². The third-order valence-electron chi connectivity index (χ3n) is 4.67. The van der Waals surface area contributed by atoms with E-state index in [9.17, 15) is 27.6 Å². The molecule has 7 nitrogen and oxygen atoms in total. The van der Waals surface area contributed by atoms with Crippen LogP contribution in [-0.2, 0) is 22.3 Å². The molecule has 182 valence electrons. The maximum atomic E-state index is 13.0. The highest BCUT2D eigenvalue weighted by Crippen LogP contribution is 2.34. The molecule has 0 fully saturated rings. The number of pyridine rings is 1. The van der Waals surface area contributed by atoms with Gasteiger partial charge in [-0.2, -0.15) is 13.2 Å². The minimum atomic E-state index is -4.62. The number of aromatic nitrogens is 1. The molecular formula is C24H19ClF3N3O4. The van der Waals surface area contributed by atoms with E-state index in [4.69, 9.17) is 16.3 Å². The fourth-order valence-electron chi connectivity index (χ4n) is 2.91. The van der Waals surface area contributed by atoms with Crippen molar-refractivity contribution in [3.63, 3.8) is 0 Å². The van der Waals surface area contributed by atoms with Crippen molar-refractivity contribution in [3.05, 3.63) is 88.7 Å². The molecule has 2 aromatic carbocycles. The molecular weight excluding hydrogens is 487 g/mol. The van der Waals surface area contributed by atoms with Crippen molar-refractivity contribution in [1.29, 1.82) is 0 Å². The molecule has 0 aliphatic carbocycles. The number of amides is 2. The van der Waals surface area contributed by atoms with Gasteiger partial charge in [0.25, 0.3) is 5.91 Å². The summed E-state index contributed by atoms with van der Waals surface area (Å²) in [5.74, 6) is -2.09. The van der Waals surface area contributed by atoms with Crippen molar-refractivity contribution < 1.29 is 32.3 Å². The molecule has 2 N–H and O–H groups in total. The van der Waals surface area contributed by atoms with E-state index < -0.39 is 23.6 Å². The number of halogens is 4. The summed E-state index contributed by atoms with van der Waals surface area (Å²) in [4.78, 5) is 40.9. The smallest absolute Gasteiger partial charge is 0.416 e. The molecule has 0 spiro atoms. The zero-order valence-electron chi connectivity index (χ0n) is 18.1. The monoisotopic (exact) mass is 505 g/mol. The van der Waals surface area contributed by atoms with Gasteiger partial charge < -0.3 is 15.4 Å². The Kier molecular flexibility index (Phi) is 8.43. The molecule has 3 rings (SSSR count). The molecule has 0 atom stereocenters. The molecule has 35 heavy (non-hydrogen) atoms. The first-order valence-electron chi connectivity index (χ1n) is 10.3. The Morgan fingerprint density at radius 3 is 2.49 bits per heavy atom. The number of esters is 1. The van der Waals surface area contributed by atoms with Crippen molar-refractivity contribution in [1.82, 2.24) is 10.3 Å². The lowest BCUT2D eigenvalue weighted by Gasteiger charge is -2.13. The van der Waals surface area contributed by atoms with Crippen molar-refractivity contribution >= 4 is 35.1 Å². The predicted octanol–water partition coefficient (Wildman–Crippen LogP) is 5.01. The highest BCUT2D eigenvalue weighted by molar-refractivity contribution is 6.34. The number of hydrogen-bond acceptors (Lipinski definition) is 5. The summed E-state index contributed by atoms with van der Waals surface area (Å²) in [5.41, 5.74) is -0.545. The van der Waals surface area contributed by atoms with Crippen LogP contribution in [0.2, 0.25) is 5.02 Å². The second-order valence-corrected chi connectivity index (χ2v) is 7.66. The molecule has 0 radical (unpaired) electrons. The van der Waals surface area contributed by atoms with Gasteiger partial charge in [0, 0.05) is 25.4 Å². The number of hydrogen-bond donors (Lipinski definition) is 2. The molecule has 1 heterocycles. The second-order valence-electron chi connectivity index (χ2n) is 7.25.